The Morgan fingerprint density at radius 2 is 2.21 bits per heavy atom. The summed E-state index contributed by atoms with van der Waals surface area (Å²) in [5, 5.41) is 11.8. The van der Waals surface area contributed by atoms with E-state index in [0.717, 1.165) is 25.8 Å². The highest BCUT2D eigenvalue weighted by molar-refractivity contribution is 5.74. The van der Waals surface area contributed by atoms with Gasteiger partial charge in [0.1, 0.15) is 0 Å². The molecule has 4 heteroatoms. The number of carbonyl (C=O) groups excluding carboxylic acids is 1. The van der Waals surface area contributed by atoms with Crippen LogP contribution in [0, 0.1) is 0 Å². The molecule has 2 N–H and O–H groups in total. The molecule has 82 valence electrons. The van der Waals surface area contributed by atoms with Crippen molar-refractivity contribution < 1.29 is 9.90 Å². The Morgan fingerprint density at radius 3 is 2.64 bits per heavy atom. The van der Waals surface area contributed by atoms with Crippen LogP contribution in [0.3, 0.4) is 0 Å². The van der Waals surface area contributed by atoms with E-state index in [9.17, 15) is 4.79 Å². The second kappa shape index (κ2) is 5.86. The minimum Gasteiger partial charge on any atom is -0.395 e. The summed E-state index contributed by atoms with van der Waals surface area (Å²) in [5.74, 6) is 0. The van der Waals surface area contributed by atoms with Gasteiger partial charge in [-0.05, 0) is 25.7 Å². The van der Waals surface area contributed by atoms with Gasteiger partial charge in [0.05, 0.1) is 6.61 Å². The van der Waals surface area contributed by atoms with E-state index in [1.54, 1.807) is 4.90 Å². The van der Waals surface area contributed by atoms with Gasteiger partial charge < -0.3 is 15.3 Å². The maximum absolute atomic E-state index is 11.6. The molecule has 1 aliphatic carbocycles. The third kappa shape index (κ3) is 3.18. The van der Waals surface area contributed by atoms with E-state index in [4.69, 9.17) is 5.11 Å². The van der Waals surface area contributed by atoms with Gasteiger partial charge in [-0.25, -0.2) is 4.79 Å². The van der Waals surface area contributed by atoms with E-state index in [1.807, 2.05) is 6.92 Å². The van der Waals surface area contributed by atoms with Crippen molar-refractivity contribution in [3.05, 3.63) is 0 Å². The number of nitrogens with zero attached hydrogens (tertiary/aromatic N) is 1. The summed E-state index contributed by atoms with van der Waals surface area (Å²) >= 11 is 0. The number of urea groups is 1. The summed E-state index contributed by atoms with van der Waals surface area (Å²) in [7, 11) is 0. The predicted molar refractivity (Wildman–Crippen MR) is 55.1 cm³/mol. The Hall–Kier alpha value is -0.770. The molecule has 1 rings (SSSR count). The quantitative estimate of drug-likeness (QED) is 0.694. The Kier molecular flexibility index (Phi) is 4.73. The lowest BCUT2D eigenvalue weighted by Crippen LogP contribution is -2.48. The molecule has 1 aliphatic rings. The zero-order valence-electron chi connectivity index (χ0n) is 8.83. The fourth-order valence-electron chi connectivity index (χ4n) is 1.52. The summed E-state index contributed by atoms with van der Waals surface area (Å²) in [6.45, 7) is 3.23. The molecule has 0 saturated heterocycles. The number of nitrogens with one attached hydrogen (secondary N) is 1. The van der Waals surface area contributed by atoms with Crippen LogP contribution in [-0.4, -0.2) is 41.8 Å². The molecule has 2 amide bonds. The van der Waals surface area contributed by atoms with Crippen molar-refractivity contribution in [2.45, 2.75) is 38.6 Å². The van der Waals surface area contributed by atoms with E-state index >= 15 is 0 Å². The van der Waals surface area contributed by atoms with Crippen LogP contribution in [0.4, 0.5) is 4.79 Å². The maximum atomic E-state index is 11.6. The van der Waals surface area contributed by atoms with Crippen LogP contribution in [-0.2, 0) is 0 Å². The van der Waals surface area contributed by atoms with Crippen LogP contribution in [0.15, 0.2) is 0 Å². The number of amides is 2. The van der Waals surface area contributed by atoms with Crippen LogP contribution < -0.4 is 5.32 Å². The van der Waals surface area contributed by atoms with Gasteiger partial charge >= 0.3 is 6.03 Å². The predicted octanol–water partition coefficient (Wildman–Crippen LogP) is 0.953. The van der Waals surface area contributed by atoms with Crippen LogP contribution in [0.1, 0.15) is 32.6 Å². The average Bonchev–Trinajstić information content (AvgIpc) is 2.11. The lowest BCUT2D eigenvalue weighted by atomic mass is 9.93. The minimum atomic E-state index is -0.0226. The molecule has 0 bridgehead atoms. The van der Waals surface area contributed by atoms with E-state index in [-0.39, 0.29) is 12.6 Å². The van der Waals surface area contributed by atoms with Gasteiger partial charge in [0.15, 0.2) is 0 Å². The van der Waals surface area contributed by atoms with Crippen molar-refractivity contribution in [1.82, 2.24) is 10.2 Å². The molecule has 0 aliphatic heterocycles. The molecule has 0 heterocycles. The van der Waals surface area contributed by atoms with Crippen LogP contribution >= 0.6 is 0 Å². The van der Waals surface area contributed by atoms with Crippen molar-refractivity contribution in [3.63, 3.8) is 0 Å². The summed E-state index contributed by atoms with van der Waals surface area (Å²) in [5.41, 5.74) is 0. The highest BCUT2D eigenvalue weighted by Gasteiger charge is 2.21. The molecule has 0 aromatic carbocycles. The SMILES string of the molecule is CCCN(CCO)C(=O)NC1CCC1. The molecule has 1 saturated carbocycles. The Morgan fingerprint density at radius 1 is 1.50 bits per heavy atom. The number of hydrogen-bond donors (Lipinski definition) is 2. The van der Waals surface area contributed by atoms with Crippen molar-refractivity contribution in [2.75, 3.05) is 19.7 Å². The molecule has 14 heavy (non-hydrogen) atoms. The molecule has 1 fully saturated rings. The minimum absolute atomic E-state index is 0.0226. The Balaban J connectivity index is 2.28. The summed E-state index contributed by atoms with van der Waals surface area (Å²) in [6, 6.07) is 0.353. The van der Waals surface area contributed by atoms with Gasteiger partial charge in [0, 0.05) is 19.1 Å². The molecular formula is C10H20N2O2. The highest BCUT2D eigenvalue weighted by Crippen LogP contribution is 2.18. The smallest absolute Gasteiger partial charge is 0.317 e. The topological polar surface area (TPSA) is 52.6 Å². The van der Waals surface area contributed by atoms with E-state index in [0.29, 0.717) is 12.6 Å². The lowest BCUT2D eigenvalue weighted by Gasteiger charge is -2.30. The summed E-state index contributed by atoms with van der Waals surface area (Å²) < 4.78 is 0. The molecular weight excluding hydrogens is 180 g/mol. The number of carbonyl (C=O) groups is 1. The second-order valence-corrected chi connectivity index (χ2v) is 3.79. The Labute approximate surface area is 85.3 Å². The zero-order valence-corrected chi connectivity index (χ0v) is 8.83. The van der Waals surface area contributed by atoms with E-state index in [2.05, 4.69) is 5.32 Å². The summed E-state index contributed by atoms with van der Waals surface area (Å²) in [4.78, 5) is 13.3. The fraction of sp³-hybridized carbons (Fsp3) is 0.900. The first-order valence-electron chi connectivity index (χ1n) is 5.44. The molecule has 0 radical (unpaired) electrons. The monoisotopic (exact) mass is 200 g/mol. The van der Waals surface area contributed by atoms with Crippen LogP contribution in [0.2, 0.25) is 0 Å². The molecule has 0 unspecified atom stereocenters. The number of rotatable bonds is 5. The van der Waals surface area contributed by atoms with Gasteiger partial charge in [-0.2, -0.15) is 0 Å². The highest BCUT2D eigenvalue weighted by atomic mass is 16.3. The fourth-order valence-corrected chi connectivity index (χ4v) is 1.52. The van der Waals surface area contributed by atoms with Gasteiger partial charge in [0.25, 0.3) is 0 Å². The van der Waals surface area contributed by atoms with E-state index in [1.165, 1.54) is 6.42 Å². The normalized spacial score (nSPS) is 16.1. The third-order valence-corrected chi connectivity index (χ3v) is 2.58. The molecule has 0 atom stereocenters. The number of aliphatic hydroxyl groups excluding tert-OH is 1. The zero-order chi connectivity index (χ0) is 10.4. The van der Waals surface area contributed by atoms with Crippen LogP contribution in [0.5, 0.6) is 0 Å². The van der Waals surface area contributed by atoms with Gasteiger partial charge in [-0.3, -0.25) is 0 Å². The number of hydrogen-bond acceptors (Lipinski definition) is 2. The lowest BCUT2D eigenvalue weighted by molar-refractivity contribution is 0.168. The molecule has 0 aromatic rings. The third-order valence-electron chi connectivity index (χ3n) is 2.58. The second-order valence-electron chi connectivity index (χ2n) is 3.79. The summed E-state index contributed by atoms with van der Waals surface area (Å²) in [6.07, 6.45) is 4.35. The first-order chi connectivity index (χ1) is 6.77. The van der Waals surface area contributed by atoms with Crippen molar-refractivity contribution in [3.8, 4) is 0 Å². The molecule has 0 aromatic heterocycles. The van der Waals surface area contributed by atoms with Gasteiger partial charge in [0.2, 0.25) is 0 Å². The maximum Gasteiger partial charge on any atom is 0.317 e. The standard InChI is InChI=1S/C10H20N2O2/c1-2-6-12(7-8-13)10(14)11-9-4-3-5-9/h9,13H,2-8H2,1H3,(H,11,14). The van der Waals surface area contributed by atoms with Gasteiger partial charge in [-0.1, -0.05) is 6.92 Å². The van der Waals surface area contributed by atoms with Crippen molar-refractivity contribution in [2.24, 2.45) is 0 Å². The van der Waals surface area contributed by atoms with Gasteiger partial charge in [-0.15, -0.1) is 0 Å². The first-order valence-corrected chi connectivity index (χ1v) is 5.44. The molecule has 4 nitrogen and oxygen atoms in total. The molecule has 0 spiro atoms. The first kappa shape index (κ1) is 11.3. The number of aliphatic hydroxyl groups is 1. The van der Waals surface area contributed by atoms with E-state index < -0.39 is 0 Å². The average molecular weight is 200 g/mol. The van der Waals surface area contributed by atoms with Crippen molar-refractivity contribution in [1.29, 1.82) is 0 Å². The van der Waals surface area contributed by atoms with Crippen LogP contribution in [0.25, 0.3) is 0 Å². The largest absolute Gasteiger partial charge is 0.395 e. The Bertz CT molecular complexity index is 175. The van der Waals surface area contributed by atoms with Crippen molar-refractivity contribution >= 4 is 6.03 Å².